The summed E-state index contributed by atoms with van der Waals surface area (Å²) in [6.07, 6.45) is 11.1. The van der Waals surface area contributed by atoms with Crippen LogP contribution in [0.3, 0.4) is 0 Å². The van der Waals surface area contributed by atoms with Crippen molar-refractivity contribution >= 4 is 0 Å². The van der Waals surface area contributed by atoms with Crippen molar-refractivity contribution in [3.05, 3.63) is 0 Å². The summed E-state index contributed by atoms with van der Waals surface area (Å²) < 4.78 is 0. The summed E-state index contributed by atoms with van der Waals surface area (Å²) in [5.41, 5.74) is 6.32. The molecule has 0 aromatic rings. The molecule has 1 atom stereocenters. The van der Waals surface area contributed by atoms with Crippen molar-refractivity contribution in [3.8, 4) is 0 Å². The van der Waals surface area contributed by atoms with Gasteiger partial charge in [0.1, 0.15) is 0 Å². The molecule has 0 aromatic heterocycles. The van der Waals surface area contributed by atoms with E-state index >= 15 is 0 Å². The van der Waals surface area contributed by atoms with Crippen LogP contribution in [0.25, 0.3) is 0 Å². The third kappa shape index (κ3) is 1.96. The summed E-state index contributed by atoms with van der Waals surface area (Å²) in [6, 6.07) is 0. The van der Waals surface area contributed by atoms with E-state index in [0.717, 1.165) is 12.5 Å². The van der Waals surface area contributed by atoms with Crippen LogP contribution in [0.4, 0.5) is 0 Å². The molecule has 1 aliphatic heterocycles. The number of hydrogen-bond donors (Lipinski definition) is 2. The molecule has 0 spiro atoms. The van der Waals surface area contributed by atoms with Gasteiger partial charge in [-0.25, -0.2) is 0 Å². The maximum atomic E-state index is 6.01. The molecule has 0 aromatic carbocycles. The summed E-state index contributed by atoms with van der Waals surface area (Å²) >= 11 is 0. The van der Waals surface area contributed by atoms with Crippen LogP contribution in [0.1, 0.15) is 51.4 Å². The van der Waals surface area contributed by atoms with Gasteiger partial charge < -0.3 is 11.1 Å². The topological polar surface area (TPSA) is 38.0 Å². The molecule has 2 fully saturated rings. The quantitative estimate of drug-likeness (QED) is 0.709. The zero-order valence-corrected chi connectivity index (χ0v) is 9.23. The van der Waals surface area contributed by atoms with Crippen LogP contribution in [-0.2, 0) is 0 Å². The zero-order valence-electron chi connectivity index (χ0n) is 9.23. The van der Waals surface area contributed by atoms with E-state index in [1.165, 1.54) is 57.9 Å². The van der Waals surface area contributed by atoms with Gasteiger partial charge in [0.15, 0.2) is 0 Å². The van der Waals surface area contributed by atoms with Crippen molar-refractivity contribution in [2.45, 2.75) is 56.9 Å². The van der Waals surface area contributed by atoms with E-state index in [0.29, 0.717) is 5.54 Å². The lowest BCUT2D eigenvalue weighted by molar-refractivity contribution is 0.132. The fourth-order valence-electron chi connectivity index (χ4n) is 3.34. The molecule has 1 aliphatic carbocycles. The number of piperidine rings is 1. The largest absolute Gasteiger partial charge is 0.329 e. The monoisotopic (exact) mass is 196 g/mol. The van der Waals surface area contributed by atoms with E-state index in [4.69, 9.17) is 5.73 Å². The molecule has 1 saturated carbocycles. The molecule has 0 bridgehead atoms. The maximum Gasteiger partial charge on any atom is 0.0332 e. The minimum absolute atomic E-state index is 0.318. The Morgan fingerprint density at radius 1 is 1.07 bits per heavy atom. The highest BCUT2D eigenvalue weighted by atomic mass is 15.0. The molecule has 2 nitrogen and oxygen atoms in total. The van der Waals surface area contributed by atoms with Crippen molar-refractivity contribution in [1.29, 1.82) is 0 Å². The molecule has 2 aliphatic rings. The molecule has 0 amide bonds. The number of nitrogens with two attached hydrogens (primary N) is 1. The van der Waals surface area contributed by atoms with Crippen LogP contribution < -0.4 is 11.1 Å². The Bertz CT molecular complexity index is 167. The van der Waals surface area contributed by atoms with Crippen molar-refractivity contribution in [3.63, 3.8) is 0 Å². The minimum Gasteiger partial charge on any atom is -0.329 e. The van der Waals surface area contributed by atoms with E-state index in [1.54, 1.807) is 0 Å². The highest BCUT2D eigenvalue weighted by Crippen LogP contribution is 2.36. The molecule has 82 valence electrons. The Balaban J connectivity index is 2.01. The molecular formula is C12H24N2. The Kier molecular flexibility index (Phi) is 3.45. The Morgan fingerprint density at radius 2 is 1.86 bits per heavy atom. The number of rotatable bonds is 2. The van der Waals surface area contributed by atoms with Crippen LogP contribution in [0.15, 0.2) is 0 Å². The van der Waals surface area contributed by atoms with E-state index in [2.05, 4.69) is 5.32 Å². The van der Waals surface area contributed by atoms with Gasteiger partial charge in [0.25, 0.3) is 0 Å². The summed E-state index contributed by atoms with van der Waals surface area (Å²) in [6.45, 7) is 2.03. The number of hydrogen-bond acceptors (Lipinski definition) is 2. The van der Waals surface area contributed by atoms with Crippen molar-refractivity contribution in [2.24, 2.45) is 11.7 Å². The fraction of sp³-hybridized carbons (Fsp3) is 1.00. The van der Waals surface area contributed by atoms with Gasteiger partial charge in [-0.05, 0) is 38.1 Å². The lowest BCUT2D eigenvalue weighted by Gasteiger charge is -2.45. The number of nitrogens with one attached hydrogen (secondary N) is 1. The molecule has 2 rings (SSSR count). The lowest BCUT2D eigenvalue weighted by Crippen LogP contribution is -2.59. The normalized spacial score (nSPS) is 35.8. The Hall–Kier alpha value is -0.0800. The molecule has 1 saturated heterocycles. The summed E-state index contributed by atoms with van der Waals surface area (Å²) in [5.74, 6) is 0.863. The first-order valence-electron chi connectivity index (χ1n) is 6.32. The fourth-order valence-corrected chi connectivity index (χ4v) is 3.34. The summed E-state index contributed by atoms with van der Waals surface area (Å²) in [5, 5.41) is 3.73. The van der Waals surface area contributed by atoms with E-state index < -0.39 is 0 Å². The molecule has 1 unspecified atom stereocenters. The van der Waals surface area contributed by atoms with Gasteiger partial charge >= 0.3 is 0 Å². The first-order chi connectivity index (χ1) is 6.87. The molecule has 0 radical (unpaired) electrons. The molecule has 14 heavy (non-hydrogen) atoms. The summed E-state index contributed by atoms with van der Waals surface area (Å²) in [7, 11) is 0. The van der Waals surface area contributed by atoms with Gasteiger partial charge in [0.05, 0.1) is 0 Å². The lowest BCUT2D eigenvalue weighted by atomic mass is 9.71. The van der Waals surface area contributed by atoms with Crippen LogP contribution in [-0.4, -0.2) is 18.6 Å². The third-order valence-electron chi connectivity index (χ3n) is 4.28. The average molecular weight is 196 g/mol. The van der Waals surface area contributed by atoms with E-state index in [1.807, 2.05) is 0 Å². The second kappa shape index (κ2) is 4.63. The van der Waals surface area contributed by atoms with Gasteiger partial charge in [-0.1, -0.05) is 25.7 Å². The smallest absolute Gasteiger partial charge is 0.0332 e. The Labute approximate surface area is 87.6 Å². The van der Waals surface area contributed by atoms with Gasteiger partial charge in [-0.2, -0.15) is 0 Å². The first-order valence-corrected chi connectivity index (χ1v) is 6.32. The van der Waals surface area contributed by atoms with Crippen molar-refractivity contribution in [1.82, 2.24) is 5.32 Å². The highest BCUT2D eigenvalue weighted by Gasteiger charge is 2.38. The molecule has 3 N–H and O–H groups in total. The van der Waals surface area contributed by atoms with E-state index in [-0.39, 0.29) is 0 Å². The minimum atomic E-state index is 0.318. The maximum absolute atomic E-state index is 6.01. The Morgan fingerprint density at radius 3 is 2.43 bits per heavy atom. The van der Waals surface area contributed by atoms with Crippen LogP contribution in [0, 0.1) is 5.92 Å². The molecule has 2 heteroatoms. The predicted molar refractivity (Wildman–Crippen MR) is 60.2 cm³/mol. The van der Waals surface area contributed by atoms with Gasteiger partial charge in [-0.3, -0.25) is 0 Å². The standard InChI is InChI=1S/C12H24N2/c13-10-12(8-4-5-9-14-12)11-6-2-1-3-7-11/h11,14H,1-10,13H2. The van der Waals surface area contributed by atoms with Crippen LogP contribution >= 0.6 is 0 Å². The average Bonchev–Trinajstić information content (AvgIpc) is 2.31. The SMILES string of the molecule is NCC1(C2CCCCC2)CCCCN1. The first kappa shape index (κ1) is 10.4. The zero-order chi connectivity index (χ0) is 9.86. The highest BCUT2D eigenvalue weighted by molar-refractivity contribution is 4.98. The van der Waals surface area contributed by atoms with Gasteiger partial charge in [0.2, 0.25) is 0 Å². The van der Waals surface area contributed by atoms with Crippen LogP contribution in [0.5, 0.6) is 0 Å². The van der Waals surface area contributed by atoms with E-state index in [9.17, 15) is 0 Å². The third-order valence-corrected chi connectivity index (χ3v) is 4.28. The molecular weight excluding hydrogens is 172 g/mol. The second-order valence-corrected chi connectivity index (χ2v) is 5.08. The van der Waals surface area contributed by atoms with Crippen molar-refractivity contribution in [2.75, 3.05) is 13.1 Å². The summed E-state index contributed by atoms with van der Waals surface area (Å²) in [4.78, 5) is 0. The van der Waals surface area contributed by atoms with Crippen LogP contribution in [0.2, 0.25) is 0 Å². The van der Waals surface area contributed by atoms with Gasteiger partial charge in [-0.15, -0.1) is 0 Å². The second-order valence-electron chi connectivity index (χ2n) is 5.08. The van der Waals surface area contributed by atoms with Gasteiger partial charge in [0, 0.05) is 12.1 Å². The predicted octanol–water partition coefficient (Wildman–Crippen LogP) is 2.04. The van der Waals surface area contributed by atoms with Crippen molar-refractivity contribution < 1.29 is 0 Å². The molecule has 1 heterocycles.